The summed E-state index contributed by atoms with van der Waals surface area (Å²) in [5, 5.41) is 19.6. The number of nitrogen functional groups attached to an aromatic ring is 1. The minimum absolute atomic E-state index is 0.0897. The molecule has 1 rings (SSSR count). The van der Waals surface area contributed by atoms with Gasteiger partial charge in [-0.05, 0) is 18.6 Å². The van der Waals surface area contributed by atoms with Crippen LogP contribution in [0.3, 0.4) is 0 Å². The molecule has 0 amide bonds. The van der Waals surface area contributed by atoms with Crippen LogP contribution in [-0.4, -0.2) is 27.2 Å². The number of hydrogen-bond donors (Lipinski definition) is 3. The molecule has 0 fully saturated rings. The van der Waals surface area contributed by atoms with Gasteiger partial charge in [0.1, 0.15) is 6.10 Å². The monoisotopic (exact) mass is 255 g/mol. The third-order valence-corrected chi connectivity index (χ3v) is 3.30. The fourth-order valence-corrected chi connectivity index (χ4v) is 2.05. The van der Waals surface area contributed by atoms with Crippen molar-refractivity contribution in [2.75, 3.05) is 11.5 Å². The molecule has 0 heterocycles. The Kier molecular flexibility index (Phi) is 4.99. The number of carbonyl (C=O) groups is 1. The van der Waals surface area contributed by atoms with Crippen LogP contribution < -0.4 is 5.73 Å². The molecule has 4 N–H and O–H groups in total. The van der Waals surface area contributed by atoms with E-state index in [-0.39, 0.29) is 10.9 Å². The summed E-state index contributed by atoms with van der Waals surface area (Å²) in [5.41, 5.74) is 7.70. The zero-order valence-electron chi connectivity index (χ0n) is 9.88. The molecule has 0 spiro atoms. The summed E-state index contributed by atoms with van der Waals surface area (Å²) >= 11 is 0.982. The molecule has 0 bridgehead atoms. The van der Waals surface area contributed by atoms with Crippen LogP contribution in [0.1, 0.15) is 24.2 Å². The van der Waals surface area contributed by atoms with Crippen molar-refractivity contribution in [3.8, 4) is 0 Å². The van der Waals surface area contributed by atoms with E-state index in [0.717, 1.165) is 17.3 Å². The van der Waals surface area contributed by atoms with Crippen LogP contribution >= 0.6 is 11.8 Å². The maximum Gasteiger partial charge on any atom is 0.185 e. The molecule has 4 nitrogen and oxygen atoms in total. The number of rotatable bonds is 4. The Hall–Kier alpha value is -1.04. The largest absolute Gasteiger partial charge is 0.398 e. The predicted octanol–water partition coefficient (Wildman–Crippen LogP) is 1.25. The molecule has 0 saturated heterocycles. The van der Waals surface area contributed by atoms with Crippen molar-refractivity contribution in [1.29, 1.82) is 0 Å². The van der Waals surface area contributed by atoms with Crippen molar-refractivity contribution in [1.82, 2.24) is 0 Å². The molecule has 1 aromatic rings. The van der Waals surface area contributed by atoms with Gasteiger partial charge in [-0.15, -0.1) is 0 Å². The van der Waals surface area contributed by atoms with E-state index in [2.05, 4.69) is 0 Å². The van der Waals surface area contributed by atoms with Crippen LogP contribution in [0.15, 0.2) is 18.2 Å². The Morgan fingerprint density at radius 1 is 1.47 bits per heavy atom. The highest BCUT2D eigenvalue weighted by molar-refractivity contribution is 8.13. The van der Waals surface area contributed by atoms with Crippen LogP contribution in [0.5, 0.6) is 0 Å². The summed E-state index contributed by atoms with van der Waals surface area (Å²) in [6.45, 7) is 3.32. The van der Waals surface area contributed by atoms with E-state index in [4.69, 9.17) is 5.73 Å². The van der Waals surface area contributed by atoms with Crippen LogP contribution in [0, 0.1) is 6.92 Å². The Bertz CT molecular complexity index is 409. The highest BCUT2D eigenvalue weighted by Gasteiger charge is 2.20. The van der Waals surface area contributed by atoms with Crippen molar-refractivity contribution >= 4 is 22.6 Å². The van der Waals surface area contributed by atoms with E-state index in [1.165, 1.54) is 6.92 Å². The molecule has 0 saturated carbocycles. The molecule has 5 heteroatoms. The smallest absolute Gasteiger partial charge is 0.185 e. The molecule has 94 valence electrons. The lowest BCUT2D eigenvalue weighted by molar-refractivity contribution is -0.109. The molecule has 0 aliphatic carbocycles. The van der Waals surface area contributed by atoms with Gasteiger partial charge in [0.25, 0.3) is 0 Å². The fraction of sp³-hybridized carbons (Fsp3) is 0.417. The first-order valence-corrected chi connectivity index (χ1v) is 6.26. The minimum atomic E-state index is -1.07. The van der Waals surface area contributed by atoms with Crippen LogP contribution in [0.25, 0.3) is 0 Å². The number of hydrogen-bond acceptors (Lipinski definition) is 5. The number of thioether (sulfide) groups is 1. The molecule has 2 unspecified atom stereocenters. The molecular weight excluding hydrogens is 238 g/mol. The summed E-state index contributed by atoms with van der Waals surface area (Å²) in [4.78, 5) is 10.8. The van der Waals surface area contributed by atoms with E-state index in [1.807, 2.05) is 13.0 Å². The average Bonchev–Trinajstić information content (AvgIpc) is 2.25. The maximum absolute atomic E-state index is 10.8. The summed E-state index contributed by atoms with van der Waals surface area (Å²) < 4.78 is 0. The molecule has 1 aromatic carbocycles. The van der Waals surface area contributed by atoms with Gasteiger partial charge in [-0.25, -0.2) is 0 Å². The maximum atomic E-state index is 10.8. The van der Waals surface area contributed by atoms with Gasteiger partial charge in [0.15, 0.2) is 5.12 Å². The Labute approximate surface area is 105 Å². The van der Waals surface area contributed by atoms with E-state index >= 15 is 0 Å². The number of aryl methyl sites for hydroxylation is 1. The van der Waals surface area contributed by atoms with Crippen molar-refractivity contribution in [2.24, 2.45) is 0 Å². The van der Waals surface area contributed by atoms with Gasteiger partial charge in [-0.1, -0.05) is 23.9 Å². The quantitative estimate of drug-likeness (QED) is 0.705. The van der Waals surface area contributed by atoms with E-state index in [0.29, 0.717) is 11.3 Å². The zero-order valence-corrected chi connectivity index (χ0v) is 10.7. The summed E-state index contributed by atoms with van der Waals surface area (Å²) in [5.74, 6) is 0.157. The Balaban J connectivity index is 2.74. The first kappa shape index (κ1) is 14.0. The van der Waals surface area contributed by atoms with Crippen LogP contribution in [-0.2, 0) is 4.79 Å². The Morgan fingerprint density at radius 2 is 2.12 bits per heavy atom. The second kappa shape index (κ2) is 6.05. The highest BCUT2D eigenvalue weighted by Crippen LogP contribution is 2.25. The molecular formula is C12H17NO3S. The van der Waals surface area contributed by atoms with Gasteiger partial charge in [0.05, 0.1) is 6.10 Å². The number of benzene rings is 1. The normalized spacial score (nSPS) is 14.4. The van der Waals surface area contributed by atoms with E-state index < -0.39 is 12.2 Å². The third kappa shape index (κ3) is 4.03. The molecule has 0 radical (unpaired) electrons. The summed E-state index contributed by atoms with van der Waals surface area (Å²) in [6.07, 6.45) is -2.07. The van der Waals surface area contributed by atoms with Gasteiger partial charge < -0.3 is 15.9 Å². The van der Waals surface area contributed by atoms with Gasteiger partial charge in [-0.2, -0.15) is 0 Å². The van der Waals surface area contributed by atoms with Crippen LogP contribution in [0.2, 0.25) is 0 Å². The van der Waals surface area contributed by atoms with Crippen molar-refractivity contribution in [3.63, 3.8) is 0 Å². The second-order valence-corrected chi connectivity index (χ2v) is 5.14. The molecule has 17 heavy (non-hydrogen) atoms. The SMILES string of the molecule is CC(=O)SCC(O)C(O)c1ccc(C)cc1N. The highest BCUT2D eigenvalue weighted by atomic mass is 32.2. The zero-order chi connectivity index (χ0) is 13.0. The first-order chi connectivity index (χ1) is 7.91. The van der Waals surface area contributed by atoms with Crippen molar-refractivity contribution in [3.05, 3.63) is 29.3 Å². The number of aliphatic hydroxyl groups is 2. The standard InChI is InChI=1S/C12H17NO3S/c1-7-3-4-9(10(13)5-7)12(16)11(15)6-17-8(2)14/h3-5,11-12,15-16H,6,13H2,1-2H3. The molecule has 2 atom stereocenters. The van der Waals surface area contributed by atoms with Gasteiger partial charge in [-0.3, -0.25) is 4.79 Å². The summed E-state index contributed by atoms with van der Waals surface area (Å²) in [6, 6.07) is 5.25. The first-order valence-electron chi connectivity index (χ1n) is 5.27. The predicted molar refractivity (Wildman–Crippen MR) is 69.7 cm³/mol. The fourth-order valence-electron chi connectivity index (χ4n) is 1.46. The third-order valence-electron chi connectivity index (χ3n) is 2.38. The lowest BCUT2D eigenvalue weighted by atomic mass is 10.0. The molecule has 0 aromatic heterocycles. The van der Waals surface area contributed by atoms with Crippen LogP contribution in [0.4, 0.5) is 5.69 Å². The average molecular weight is 255 g/mol. The number of nitrogens with two attached hydrogens (primary N) is 1. The van der Waals surface area contributed by atoms with Gasteiger partial charge in [0.2, 0.25) is 0 Å². The van der Waals surface area contributed by atoms with E-state index in [1.54, 1.807) is 12.1 Å². The number of carbonyl (C=O) groups excluding carboxylic acids is 1. The molecule has 0 aliphatic rings. The van der Waals surface area contributed by atoms with Crippen molar-refractivity contribution in [2.45, 2.75) is 26.1 Å². The lowest BCUT2D eigenvalue weighted by Crippen LogP contribution is -2.22. The molecule has 0 aliphatic heterocycles. The number of anilines is 1. The van der Waals surface area contributed by atoms with E-state index in [9.17, 15) is 15.0 Å². The topological polar surface area (TPSA) is 83.5 Å². The number of aliphatic hydroxyl groups excluding tert-OH is 2. The van der Waals surface area contributed by atoms with Gasteiger partial charge in [0, 0.05) is 23.9 Å². The Morgan fingerprint density at radius 3 is 2.65 bits per heavy atom. The van der Waals surface area contributed by atoms with Crippen molar-refractivity contribution < 1.29 is 15.0 Å². The minimum Gasteiger partial charge on any atom is -0.398 e. The lowest BCUT2D eigenvalue weighted by Gasteiger charge is -2.19. The van der Waals surface area contributed by atoms with Gasteiger partial charge >= 0.3 is 0 Å². The summed E-state index contributed by atoms with van der Waals surface area (Å²) in [7, 11) is 0. The second-order valence-electron chi connectivity index (χ2n) is 3.95.